The van der Waals surface area contributed by atoms with E-state index in [2.05, 4.69) is 0 Å². The molecule has 0 spiro atoms. The number of carbonyl (C=O) groups is 2. The SMILES string of the molecule is COCOC1C(=O)C(=O)O[C@@H]1[C@@H]1COC(C)(C)O1. The van der Waals surface area contributed by atoms with Gasteiger partial charge in [-0.05, 0) is 13.8 Å². The molecule has 0 aromatic carbocycles. The summed E-state index contributed by atoms with van der Waals surface area (Å²) in [6.45, 7) is 3.64. The lowest BCUT2D eigenvalue weighted by Crippen LogP contribution is -2.41. The van der Waals surface area contributed by atoms with Gasteiger partial charge in [0.15, 0.2) is 18.0 Å². The molecule has 102 valence electrons. The predicted octanol–water partition coefficient (Wildman–Crippen LogP) is -0.379. The fourth-order valence-corrected chi connectivity index (χ4v) is 1.97. The third-order valence-corrected chi connectivity index (χ3v) is 2.76. The lowest BCUT2D eigenvalue weighted by atomic mass is 10.1. The molecule has 0 N–H and O–H groups in total. The van der Waals surface area contributed by atoms with Crippen molar-refractivity contribution in [3.8, 4) is 0 Å². The number of hydrogen-bond acceptors (Lipinski definition) is 7. The Morgan fingerprint density at radius 2 is 2.11 bits per heavy atom. The number of cyclic esters (lactones) is 1. The first-order valence-electron chi connectivity index (χ1n) is 5.62. The summed E-state index contributed by atoms with van der Waals surface area (Å²) in [6.07, 6.45) is -2.31. The molecule has 2 aliphatic rings. The molecule has 0 aromatic rings. The van der Waals surface area contributed by atoms with Crippen molar-refractivity contribution in [2.45, 2.75) is 37.9 Å². The highest BCUT2D eigenvalue weighted by atomic mass is 16.8. The third-order valence-electron chi connectivity index (χ3n) is 2.76. The number of ketones is 1. The van der Waals surface area contributed by atoms with Crippen molar-refractivity contribution in [2.75, 3.05) is 20.5 Å². The van der Waals surface area contributed by atoms with Crippen LogP contribution in [0.1, 0.15) is 13.8 Å². The number of carbonyl (C=O) groups excluding carboxylic acids is 2. The van der Waals surface area contributed by atoms with E-state index >= 15 is 0 Å². The van der Waals surface area contributed by atoms with Crippen LogP contribution >= 0.6 is 0 Å². The molecule has 2 rings (SSSR count). The van der Waals surface area contributed by atoms with Crippen molar-refractivity contribution in [1.82, 2.24) is 0 Å². The van der Waals surface area contributed by atoms with Gasteiger partial charge in [-0.25, -0.2) is 4.79 Å². The number of rotatable bonds is 4. The van der Waals surface area contributed by atoms with Crippen LogP contribution in [-0.2, 0) is 33.3 Å². The Kier molecular flexibility index (Phi) is 3.67. The summed E-state index contributed by atoms with van der Waals surface area (Å²) in [7, 11) is 1.43. The van der Waals surface area contributed by atoms with Crippen molar-refractivity contribution in [1.29, 1.82) is 0 Å². The van der Waals surface area contributed by atoms with Crippen molar-refractivity contribution in [3.63, 3.8) is 0 Å². The molecule has 2 heterocycles. The third kappa shape index (κ3) is 2.54. The molecule has 0 amide bonds. The van der Waals surface area contributed by atoms with Crippen LogP contribution in [0.4, 0.5) is 0 Å². The summed E-state index contributed by atoms with van der Waals surface area (Å²) in [6, 6.07) is 0. The van der Waals surface area contributed by atoms with E-state index in [9.17, 15) is 9.59 Å². The predicted molar refractivity (Wildman–Crippen MR) is 56.5 cm³/mol. The molecule has 2 aliphatic heterocycles. The first kappa shape index (κ1) is 13.4. The molecule has 7 nitrogen and oxygen atoms in total. The zero-order valence-electron chi connectivity index (χ0n) is 10.5. The van der Waals surface area contributed by atoms with Gasteiger partial charge in [0, 0.05) is 7.11 Å². The standard InChI is InChI=1S/C11H16O7/c1-11(2)16-4-6(18-11)8-9(15-5-14-3)7(12)10(13)17-8/h6,8-9H,4-5H2,1-3H3/t6-,8+,9?/m0/s1. The lowest BCUT2D eigenvalue weighted by molar-refractivity contribution is -0.173. The van der Waals surface area contributed by atoms with Crippen molar-refractivity contribution >= 4 is 11.8 Å². The molecular weight excluding hydrogens is 244 g/mol. The average Bonchev–Trinajstić information content (AvgIpc) is 2.79. The Balaban J connectivity index is 2.06. The molecule has 3 atom stereocenters. The molecular formula is C11H16O7. The molecule has 0 aliphatic carbocycles. The summed E-state index contributed by atoms with van der Waals surface area (Å²) >= 11 is 0. The molecule has 2 saturated heterocycles. The van der Waals surface area contributed by atoms with E-state index in [0.717, 1.165) is 0 Å². The van der Waals surface area contributed by atoms with E-state index < -0.39 is 35.9 Å². The minimum atomic E-state index is -1.00. The van der Waals surface area contributed by atoms with Gasteiger partial charge in [0.25, 0.3) is 5.78 Å². The minimum absolute atomic E-state index is 0.0967. The maximum absolute atomic E-state index is 11.6. The van der Waals surface area contributed by atoms with Gasteiger partial charge in [0.2, 0.25) is 0 Å². The second-order valence-corrected chi connectivity index (χ2v) is 4.60. The zero-order chi connectivity index (χ0) is 13.3. The molecule has 0 aromatic heterocycles. The lowest BCUT2D eigenvalue weighted by Gasteiger charge is -2.23. The summed E-state index contributed by atoms with van der Waals surface area (Å²) in [4.78, 5) is 22.9. The van der Waals surface area contributed by atoms with Crippen LogP contribution in [0.3, 0.4) is 0 Å². The van der Waals surface area contributed by atoms with Gasteiger partial charge in [-0.3, -0.25) is 4.79 Å². The van der Waals surface area contributed by atoms with E-state index in [-0.39, 0.29) is 13.4 Å². The highest BCUT2D eigenvalue weighted by Crippen LogP contribution is 2.30. The molecule has 0 bridgehead atoms. The van der Waals surface area contributed by atoms with Crippen molar-refractivity contribution in [3.05, 3.63) is 0 Å². The van der Waals surface area contributed by atoms with E-state index in [0.29, 0.717) is 0 Å². The quantitative estimate of drug-likeness (QED) is 0.387. The van der Waals surface area contributed by atoms with Gasteiger partial charge in [0.1, 0.15) is 12.9 Å². The Morgan fingerprint density at radius 1 is 1.39 bits per heavy atom. The first-order valence-corrected chi connectivity index (χ1v) is 5.62. The molecule has 18 heavy (non-hydrogen) atoms. The number of hydrogen-bond donors (Lipinski definition) is 0. The summed E-state index contributed by atoms with van der Waals surface area (Å²) in [5.74, 6) is -2.38. The van der Waals surface area contributed by atoms with E-state index in [4.69, 9.17) is 23.7 Å². The number of Topliss-reactive ketones (excluding diaryl/α,β-unsaturated/α-hetero) is 1. The number of ether oxygens (including phenoxy) is 5. The summed E-state index contributed by atoms with van der Waals surface area (Å²) < 4.78 is 25.8. The Hall–Kier alpha value is -1.02. The second kappa shape index (κ2) is 4.93. The van der Waals surface area contributed by atoms with Crippen molar-refractivity contribution < 1.29 is 33.3 Å². The fourth-order valence-electron chi connectivity index (χ4n) is 1.97. The topological polar surface area (TPSA) is 80.3 Å². The van der Waals surface area contributed by atoms with Crippen LogP contribution in [0.2, 0.25) is 0 Å². The molecule has 0 radical (unpaired) electrons. The highest BCUT2D eigenvalue weighted by Gasteiger charge is 2.52. The zero-order valence-corrected chi connectivity index (χ0v) is 10.5. The van der Waals surface area contributed by atoms with Crippen molar-refractivity contribution in [2.24, 2.45) is 0 Å². The molecule has 1 unspecified atom stereocenters. The van der Waals surface area contributed by atoms with E-state index in [1.807, 2.05) is 0 Å². The normalized spacial score (nSPS) is 34.9. The Labute approximate surface area is 104 Å². The number of methoxy groups -OCH3 is 1. The van der Waals surface area contributed by atoms with Gasteiger partial charge >= 0.3 is 5.97 Å². The first-order chi connectivity index (χ1) is 8.44. The minimum Gasteiger partial charge on any atom is -0.450 e. The van der Waals surface area contributed by atoms with Gasteiger partial charge in [-0.15, -0.1) is 0 Å². The maximum atomic E-state index is 11.6. The maximum Gasteiger partial charge on any atom is 0.378 e. The van der Waals surface area contributed by atoms with Crippen LogP contribution in [0.5, 0.6) is 0 Å². The van der Waals surface area contributed by atoms with Crippen LogP contribution in [-0.4, -0.2) is 56.4 Å². The summed E-state index contributed by atoms with van der Waals surface area (Å²) in [5.41, 5.74) is 0. The van der Waals surface area contributed by atoms with Gasteiger partial charge in [-0.1, -0.05) is 0 Å². The average molecular weight is 260 g/mol. The highest BCUT2D eigenvalue weighted by molar-refractivity contribution is 6.37. The Bertz CT molecular complexity index is 351. The van der Waals surface area contributed by atoms with Crippen LogP contribution in [0.15, 0.2) is 0 Å². The van der Waals surface area contributed by atoms with Gasteiger partial charge in [-0.2, -0.15) is 0 Å². The van der Waals surface area contributed by atoms with Gasteiger partial charge < -0.3 is 23.7 Å². The van der Waals surface area contributed by atoms with Gasteiger partial charge in [0.05, 0.1) is 6.61 Å². The Morgan fingerprint density at radius 3 is 2.67 bits per heavy atom. The second-order valence-electron chi connectivity index (χ2n) is 4.60. The monoisotopic (exact) mass is 260 g/mol. The largest absolute Gasteiger partial charge is 0.450 e. The molecule has 7 heteroatoms. The van der Waals surface area contributed by atoms with Crippen LogP contribution in [0, 0.1) is 0 Å². The fraction of sp³-hybridized carbons (Fsp3) is 0.818. The molecule has 2 fully saturated rings. The summed E-state index contributed by atoms with van der Waals surface area (Å²) in [5, 5.41) is 0. The smallest absolute Gasteiger partial charge is 0.378 e. The number of esters is 1. The van der Waals surface area contributed by atoms with Crippen LogP contribution in [0.25, 0.3) is 0 Å². The molecule has 0 saturated carbocycles. The van der Waals surface area contributed by atoms with E-state index in [1.165, 1.54) is 7.11 Å². The van der Waals surface area contributed by atoms with Crippen LogP contribution < -0.4 is 0 Å². The van der Waals surface area contributed by atoms with E-state index in [1.54, 1.807) is 13.8 Å².